The van der Waals surface area contributed by atoms with Crippen LogP contribution in [0.5, 0.6) is 0 Å². The normalized spacial score (nSPS) is 14.4. The summed E-state index contributed by atoms with van der Waals surface area (Å²) in [5.41, 5.74) is 4.37. The Labute approximate surface area is 199 Å². The molecule has 0 radical (unpaired) electrons. The number of benzene rings is 2. The quantitative estimate of drug-likeness (QED) is 0.352. The fourth-order valence-electron chi connectivity index (χ4n) is 3.95. The highest BCUT2D eigenvalue weighted by Gasteiger charge is 2.31. The van der Waals surface area contributed by atoms with Crippen LogP contribution in [0.15, 0.2) is 58.0 Å². The summed E-state index contributed by atoms with van der Waals surface area (Å²) >= 11 is 0. The third-order valence-corrected chi connectivity index (χ3v) is 5.62. The molecule has 0 saturated carbocycles. The molecule has 1 aliphatic rings. The van der Waals surface area contributed by atoms with Gasteiger partial charge >= 0.3 is 12.1 Å². The first-order valence-corrected chi connectivity index (χ1v) is 10.8. The minimum absolute atomic E-state index is 0.0725. The molecule has 0 spiro atoms. The lowest BCUT2D eigenvalue weighted by Crippen LogP contribution is -2.16. The highest BCUT2D eigenvalue weighted by atomic mass is 19.4. The number of para-hydroxylation sites is 1. The van der Waals surface area contributed by atoms with Crippen molar-refractivity contribution in [2.24, 2.45) is 5.10 Å². The molecule has 7 nitrogen and oxygen atoms in total. The largest absolute Gasteiger partial charge is 0.465 e. The lowest BCUT2D eigenvalue weighted by atomic mass is 9.93. The van der Waals surface area contributed by atoms with Gasteiger partial charge in [0.25, 0.3) is 5.91 Å². The Morgan fingerprint density at radius 3 is 2.60 bits per heavy atom. The van der Waals surface area contributed by atoms with Crippen LogP contribution in [0, 0.1) is 6.92 Å². The molecule has 10 heteroatoms. The Hall–Kier alpha value is -4.08. The van der Waals surface area contributed by atoms with E-state index in [0.717, 1.165) is 12.1 Å². The van der Waals surface area contributed by atoms with E-state index >= 15 is 0 Å². The number of alkyl halides is 3. The molecule has 0 saturated heterocycles. The maximum atomic E-state index is 13.0. The number of carbonyl (C=O) groups is 2. The third-order valence-electron chi connectivity index (χ3n) is 5.62. The SMILES string of the molecule is COC(=O)c1ccccc1NC(=O)c1oc2c(c1C)/C(=N/Nc1cccc(C(F)(F)F)c1)CCC2. The third kappa shape index (κ3) is 5.06. The first-order valence-electron chi connectivity index (χ1n) is 10.8. The summed E-state index contributed by atoms with van der Waals surface area (Å²) in [7, 11) is 1.25. The average Bonchev–Trinajstić information content (AvgIpc) is 3.19. The van der Waals surface area contributed by atoms with E-state index in [-0.39, 0.29) is 22.7 Å². The van der Waals surface area contributed by atoms with Crippen molar-refractivity contribution >= 4 is 29.0 Å². The van der Waals surface area contributed by atoms with Gasteiger partial charge in [-0.05, 0) is 50.1 Å². The topological polar surface area (TPSA) is 92.9 Å². The Balaban J connectivity index is 1.60. The average molecular weight is 485 g/mol. The van der Waals surface area contributed by atoms with Crippen LogP contribution in [0.4, 0.5) is 24.5 Å². The van der Waals surface area contributed by atoms with Crippen LogP contribution in [0.1, 0.15) is 56.2 Å². The van der Waals surface area contributed by atoms with Crippen molar-refractivity contribution in [3.05, 3.63) is 82.3 Å². The van der Waals surface area contributed by atoms with Gasteiger partial charge in [-0.3, -0.25) is 10.2 Å². The summed E-state index contributed by atoms with van der Waals surface area (Å²) in [4.78, 5) is 25.0. The van der Waals surface area contributed by atoms with Gasteiger partial charge in [0.1, 0.15) is 5.76 Å². The predicted octanol–water partition coefficient (Wildman–Crippen LogP) is 5.80. The number of esters is 1. The molecule has 2 N–H and O–H groups in total. The number of halogens is 3. The zero-order chi connectivity index (χ0) is 25.2. The molecular formula is C25H22F3N3O4. The van der Waals surface area contributed by atoms with Gasteiger partial charge in [-0.15, -0.1) is 0 Å². The number of furan rings is 1. The first kappa shape index (κ1) is 24.1. The lowest BCUT2D eigenvalue weighted by molar-refractivity contribution is -0.137. The number of nitrogens with zero attached hydrogens (tertiary/aromatic N) is 1. The van der Waals surface area contributed by atoms with Crippen LogP contribution in [0.25, 0.3) is 0 Å². The van der Waals surface area contributed by atoms with Crippen molar-refractivity contribution in [2.45, 2.75) is 32.4 Å². The Morgan fingerprint density at radius 1 is 1.09 bits per heavy atom. The summed E-state index contributed by atoms with van der Waals surface area (Å²) in [6, 6.07) is 11.2. The number of amides is 1. The Bertz CT molecular complexity index is 1310. The molecular weight excluding hydrogens is 463 g/mol. The smallest absolute Gasteiger partial charge is 0.416 e. The summed E-state index contributed by atoms with van der Waals surface area (Å²) in [5, 5.41) is 7.02. The van der Waals surface area contributed by atoms with E-state index in [1.807, 2.05) is 0 Å². The Kier molecular flexibility index (Phi) is 6.63. The standard InChI is InChI=1S/C25H22F3N3O4/c1-14-21-19(31-30-16-8-5-7-15(13-16)25(26,27)28)11-6-12-20(21)35-22(14)23(32)29-18-10-4-3-9-17(18)24(33)34-2/h3-5,7-10,13,30H,6,11-12H2,1-2H3,(H,29,32)/b31-19+. The number of hydrazone groups is 1. The number of aryl methyl sites for hydroxylation is 1. The van der Waals surface area contributed by atoms with Gasteiger partial charge in [-0.25, -0.2) is 4.79 Å². The summed E-state index contributed by atoms with van der Waals surface area (Å²) in [5.74, 6) is -0.488. The van der Waals surface area contributed by atoms with Crippen molar-refractivity contribution in [2.75, 3.05) is 17.9 Å². The molecule has 1 amide bonds. The molecule has 0 atom stereocenters. The fraction of sp³-hybridized carbons (Fsp3) is 0.240. The molecule has 1 aliphatic carbocycles. The van der Waals surface area contributed by atoms with Crippen LogP contribution in [0.3, 0.4) is 0 Å². The molecule has 1 aromatic heterocycles. The van der Waals surface area contributed by atoms with E-state index in [1.54, 1.807) is 25.1 Å². The molecule has 0 aliphatic heterocycles. The van der Waals surface area contributed by atoms with Crippen LogP contribution < -0.4 is 10.7 Å². The van der Waals surface area contributed by atoms with Gasteiger partial charge in [0.05, 0.1) is 35.3 Å². The minimum Gasteiger partial charge on any atom is -0.465 e. The van der Waals surface area contributed by atoms with Crippen molar-refractivity contribution < 1.29 is 31.9 Å². The van der Waals surface area contributed by atoms with E-state index < -0.39 is 23.6 Å². The summed E-state index contributed by atoms with van der Waals surface area (Å²) in [6.07, 6.45) is -2.61. The fourth-order valence-corrected chi connectivity index (χ4v) is 3.95. The maximum Gasteiger partial charge on any atom is 0.416 e. The van der Waals surface area contributed by atoms with Gasteiger partial charge in [-0.2, -0.15) is 18.3 Å². The maximum absolute atomic E-state index is 13.0. The molecule has 182 valence electrons. The molecule has 3 aromatic rings. The van der Waals surface area contributed by atoms with Crippen molar-refractivity contribution in [1.29, 1.82) is 0 Å². The van der Waals surface area contributed by atoms with Crippen molar-refractivity contribution in [3.8, 4) is 0 Å². The lowest BCUT2D eigenvalue weighted by Gasteiger charge is -2.14. The van der Waals surface area contributed by atoms with Crippen LogP contribution in [0.2, 0.25) is 0 Å². The van der Waals surface area contributed by atoms with E-state index in [9.17, 15) is 22.8 Å². The number of rotatable bonds is 5. The summed E-state index contributed by atoms with van der Waals surface area (Å²) < 4.78 is 49.6. The Morgan fingerprint density at radius 2 is 1.86 bits per heavy atom. The first-order chi connectivity index (χ1) is 16.7. The molecule has 0 fully saturated rings. The van der Waals surface area contributed by atoms with Crippen molar-refractivity contribution in [1.82, 2.24) is 0 Å². The van der Waals surface area contributed by atoms with Gasteiger partial charge in [-0.1, -0.05) is 18.2 Å². The number of fused-ring (bicyclic) bond motifs is 1. The second-order valence-corrected chi connectivity index (χ2v) is 7.95. The van der Waals surface area contributed by atoms with E-state index in [4.69, 9.17) is 9.15 Å². The van der Waals surface area contributed by atoms with Crippen LogP contribution in [-0.2, 0) is 17.3 Å². The van der Waals surface area contributed by atoms with Crippen LogP contribution >= 0.6 is 0 Å². The number of carbonyl (C=O) groups excluding carboxylic acids is 2. The second-order valence-electron chi connectivity index (χ2n) is 7.95. The highest BCUT2D eigenvalue weighted by molar-refractivity contribution is 6.10. The van der Waals surface area contributed by atoms with Gasteiger partial charge in [0, 0.05) is 17.5 Å². The van der Waals surface area contributed by atoms with Crippen LogP contribution in [-0.4, -0.2) is 24.7 Å². The molecule has 0 bridgehead atoms. The highest BCUT2D eigenvalue weighted by Crippen LogP contribution is 2.32. The molecule has 4 rings (SSSR count). The number of anilines is 2. The van der Waals surface area contributed by atoms with Crippen molar-refractivity contribution in [3.63, 3.8) is 0 Å². The van der Waals surface area contributed by atoms with Gasteiger partial charge < -0.3 is 14.5 Å². The van der Waals surface area contributed by atoms with E-state index in [1.165, 1.54) is 25.3 Å². The minimum atomic E-state index is -4.46. The van der Waals surface area contributed by atoms with Gasteiger partial charge in [0.2, 0.25) is 0 Å². The monoisotopic (exact) mass is 485 g/mol. The van der Waals surface area contributed by atoms with E-state index in [0.29, 0.717) is 41.9 Å². The zero-order valence-electron chi connectivity index (χ0n) is 19.0. The number of nitrogens with one attached hydrogen (secondary N) is 2. The molecule has 2 aromatic carbocycles. The van der Waals surface area contributed by atoms with E-state index in [2.05, 4.69) is 15.8 Å². The summed E-state index contributed by atoms with van der Waals surface area (Å²) in [6.45, 7) is 1.72. The number of ether oxygens (including phenoxy) is 1. The second kappa shape index (κ2) is 9.65. The molecule has 0 unspecified atom stereocenters. The zero-order valence-corrected chi connectivity index (χ0v) is 19.0. The number of methoxy groups -OCH3 is 1. The number of hydrogen-bond acceptors (Lipinski definition) is 6. The molecule has 35 heavy (non-hydrogen) atoms. The van der Waals surface area contributed by atoms with Gasteiger partial charge in [0.15, 0.2) is 5.76 Å². The predicted molar refractivity (Wildman–Crippen MR) is 124 cm³/mol. The number of hydrogen-bond donors (Lipinski definition) is 2. The molecule has 1 heterocycles.